The van der Waals surface area contributed by atoms with Crippen LogP contribution in [-0.4, -0.2) is 10.8 Å². The van der Waals surface area contributed by atoms with E-state index in [4.69, 9.17) is 4.99 Å². The van der Waals surface area contributed by atoms with Crippen molar-refractivity contribution in [3.8, 4) is 5.69 Å². The summed E-state index contributed by atoms with van der Waals surface area (Å²) < 4.78 is 2.31. The molecule has 0 N–H and O–H groups in total. The van der Waals surface area contributed by atoms with Crippen molar-refractivity contribution in [1.82, 2.24) is 4.57 Å². The Kier molecular flexibility index (Phi) is 4.63. The van der Waals surface area contributed by atoms with Gasteiger partial charge in [-0.1, -0.05) is 12.1 Å². The molecular weight excluding hydrogens is 304 g/mol. The molecule has 0 unspecified atom stereocenters. The first kappa shape index (κ1) is 17.2. The van der Waals surface area contributed by atoms with E-state index in [0.717, 1.165) is 11.3 Å². The standard InChI is InChI=1S/C23H26N2/c1-15-7-16(2)10-22(9-15)24-14-21-13-19(5)25(20(21)6)23-11-17(3)8-18(4)12-23/h7-14H,1-6H3. The van der Waals surface area contributed by atoms with E-state index in [1.807, 2.05) is 6.21 Å². The van der Waals surface area contributed by atoms with E-state index in [1.165, 1.54) is 39.3 Å². The van der Waals surface area contributed by atoms with Crippen LogP contribution in [0.1, 0.15) is 39.2 Å². The van der Waals surface area contributed by atoms with Gasteiger partial charge >= 0.3 is 0 Å². The Morgan fingerprint density at radius 1 is 0.680 bits per heavy atom. The highest BCUT2D eigenvalue weighted by Gasteiger charge is 2.10. The van der Waals surface area contributed by atoms with Crippen LogP contribution in [0.4, 0.5) is 5.69 Å². The molecule has 0 bridgehead atoms. The highest BCUT2D eigenvalue weighted by molar-refractivity contribution is 5.84. The Labute approximate surface area is 150 Å². The maximum absolute atomic E-state index is 4.70. The molecule has 2 aromatic carbocycles. The minimum Gasteiger partial charge on any atom is -0.318 e. The first-order valence-corrected chi connectivity index (χ1v) is 8.73. The van der Waals surface area contributed by atoms with Crippen molar-refractivity contribution in [3.63, 3.8) is 0 Å². The van der Waals surface area contributed by atoms with Gasteiger partial charge in [-0.2, -0.15) is 0 Å². The smallest absolute Gasteiger partial charge is 0.0635 e. The van der Waals surface area contributed by atoms with Crippen LogP contribution in [0.25, 0.3) is 5.69 Å². The molecule has 0 radical (unpaired) electrons. The van der Waals surface area contributed by atoms with Crippen LogP contribution >= 0.6 is 0 Å². The summed E-state index contributed by atoms with van der Waals surface area (Å²) in [5.74, 6) is 0. The molecule has 0 amide bonds. The molecule has 3 aromatic rings. The lowest BCUT2D eigenvalue weighted by molar-refractivity contribution is 0.960. The van der Waals surface area contributed by atoms with E-state index >= 15 is 0 Å². The van der Waals surface area contributed by atoms with Crippen molar-refractivity contribution < 1.29 is 0 Å². The van der Waals surface area contributed by atoms with E-state index < -0.39 is 0 Å². The summed E-state index contributed by atoms with van der Waals surface area (Å²) in [7, 11) is 0. The first-order chi connectivity index (χ1) is 11.8. The third-order valence-electron chi connectivity index (χ3n) is 4.49. The highest BCUT2D eigenvalue weighted by Crippen LogP contribution is 2.23. The van der Waals surface area contributed by atoms with Crippen LogP contribution < -0.4 is 0 Å². The second-order valence-corrected chi connectivity index (χ2v) is 7.11. The van der Waals surface area contributed by atoms with Crippen molar-refractivity contribution in [3.05, 3.63) is 81.7 Å². The molecule has 1 heterocycles. The number of benzene rings is 2. The average Bonchev–Trinajstić information content (AvgIpc) is 2.77. The maximum Gasteiger partial charge on any atom is 0.0635 e. The number of nitrogens with zero attached hydrogens (tertiary/aromatic N) is 2. The fraction of sp³-hybridized carbons (Fsp3) is 0.261. The summed E-state index contributed by atoms with van der Waals surface area (Å²) in [6, 6.07) is 15.3. The quantitative estimate of drug-likeness (QED) is 0.518. The second-order valence-electron chi connectivity index (χ2n) is 7.11. The van der Waals surface area contributed by atoms with E-state index in [0.29, 0.717) is 0 Å². The molecule has 0 fully saturated rings. The second kappa shape index (κ2) is 6.72. The lowest BCUT2D eigenvalue weighted by Crippen LogP contribution is -2.00. The zero-order chi connectivity index (χ0) is 18.1. The van der Waals surface area contributed by atoms with E-state index in [-0.39, 0.29) is 0 Å². The van der Waals surface area contributed by atoms with Gasteiger partial charge < -0.3 is 4.57 Å². The van der Waals surface area contributed by atoms with Crippen molar-refractivity contribution >= 4 is 11.9 Å². The van der Waals surface area contributed by atoms with Crippen LogP contribution in [0.5, 0.6) is 0 Å². The SMILES string of the molecule is Cc1cc(C)cc(N=Cc2cc(C)n(-c3cc(C)cc(C)c3)c2C)c1. The molecule has 0 spiro atoms. The molecule has 1 aromatic heterocycles. The summed E-state index contributed by atoms with van der Waals surface area (Å²) in [4.78, 5) is 4.70. The topological polar surface area (TPSA) is 17.3 Å². The van der Waals surface area contributed by atoms with Gasteiger partial charge in [-0.25, -0.2) is 0 Å². The molecule has 0 atom stereocenters. The summed E-state index contributed by atoms with van der Waals surface area (Å²) in [6.07, 6.45) is 1.98. The lowest BCUT2D eigenvalue weighted by atomic mass is 10.1. The summed E-state index contributed by atoms with van der Waals surface area (Å²) in [6.45, 7) is 12.8. The third kappa shape index (κ3) is 3.74. The van der Waals surface area contributed by atoms with Crippen LogP contribution in [-0.2, 0) is 0 Å². The summed E-state index contributed by atoms with van der Waals surface area (Å²) in [5.41, 5.74) is 10.9. The van der Waals surface area contributed by atoms with Gasteiger partial charge in [0.2, 0.25) is 0 Å². The van der Waals surface area contributed by atoms with Crippen LogP contribution in [0.3, 0.4) is 0 Å². The molecule has 128 valence electrons. The highest BCUT2D eigenvalue weighted by atomic mass is 15.0. The number of rotatable bonds is 3. The van der Waals surface area contributed by atoms with Crippen LogP contribution in [0.2, 0.25) is 0 Å². The molecular formula is C23H26N2. The number of hydrogen-bond acceptors (Lipinski definition) is 1. The Morgan fingerprint density at radius 3 is 1.76 bits per heavy atom. The van der Waals surface area contributed by atoms with Gasteiger partial charge in [0.05, 0.1) is 5.69 Å². The molecule has 0 saturated carbocycles. The zero-order valence-electron chi connectivity index (χ0n) is 16.0. The summed E-state index contributed by atoms with van der Waals surface area (Å²) in [5, 5.41) is 0. The van der Waals surface area contributed by atoms with E-state index in [1.54, 1.807) is 0 Å². The Bertz CT molecular complexity index is 918. The first-order valence-electron chi connectivity index (χ1n) is 8.73. The minimum atomic E-state index is 1.01. The molecule has 0 saturated heterocycles. The van der Waals surface area contributed by atoms with Crippen molar-refractivity contribution in [2.75, 3.05) is 0 Å². The van der Waals surface area contributed by atoms with Gasteiger partial charge in [-0.05, 0) is 94.1 Å². The zero-order valence-corrected chi connectivity index (χ0v) is 16.0. The summed E-state index contributed by atoms with van der Waals surface area (Å²) >= 11 is 0. The molecule has 0 aliphatic rings. The minimum absolute atomic E-state index is 1.01. The number of aryl methyl sites for hydroxylation is 5. The monoisotopic (exact) mass is 330 g/mol. The lowest BCUT2D eigenvalue weighted by Gasteiger charge is -2.11. The fourth-order valence-electron chi connectivity index (χ4n) is 3.56. The van der Waals surface area contributed by atoms with Gasteiger partial charge in [-0.15, -0.1) is 0 Å². The molecule has 2 nitrogen and oxygen atoms in total. The molecule has 25 heavy (non-hydrogen) atoms. The Balaban J connectivity index is 2.01. The van der Waals surface area contributed by atoms with Gasteiger partial charge in [0, 0.05) is 28.9 Å². The molecule has 2 heteroatoms. The average molecular weight is 330 g/mol. The van der Waals surface area contributed by atoms with Gasteiger partial charge in [-0.3, -0.25) is 4.99 Å². The maximum atomic E-state index is 4.70. The van der Waals surface area contributed by atoms with Gasteiger partial charge in [0.15, 0.2) is 0 Å². The van der Waals surface area contributed by atoms with Crippen molar-refractivity contribution in [2.24, 2.45) is 4.99 Å². The molecule has 0 aliphatic carbocycles. The van der Waals surface area contributed by atoms with E-state index in [2.05, 4.69) is 88.6 Å². The predicted octanol–water partition coefficient (Wildman–Crippen LogP) is 6.08. The molecule has 3 rings (SSSR count). The van der Waals surface area contributed by atoms with Crippen molar-refractivity contribution in [1.29, 1.82) is 0 Å². The normalized spacial score (nSPS) is 11.4. The van der Waals surface area contributed by atoms with Crippen LogP contribution in [0, 0.1) is 41.5 Å². The van der Waals surface area contributed by atoms with Crippen molar-refractivity contribution in [2.45, 2.75) is 41.5 Å². The largest absolute Gasteiger partial charge is 0.318 e. The van der Waals surface area contributed by atoms with Gasteiger partial charge in [0.25, 0.3) is 0 Å². The number of hydrogen-bond donors (Lipinski definition) is 0. The number of aromatic nitrogens is 1. The van der Waals surface area contributed by atoms with Crippen LogP contribution in [0.15, 0.2) is 47.5 Å². The third-order valence-corrected chi connectivity index (χ3v) is 4.49. The van der Waals surface area contributed by atoms with Gasteiger partial charge in [0.1, 0.15) is 0 Å². The Hall–Kier alpha value is -2.61. The number of aliphatic imine (C=N–C) groups is 1. The predicted molar refractivity (Wildman–Crippen MR) is 108 cm³/mol. The van der Waals surface area contributed by atoms with E-state index in [9.17, 15) is 0 Å². The Morgan fingerprint density at radius 2 is 1.20 bits per heavy atom. The fourth-order valence-corrected chi connectivity index (χ4v) is 3.56. The molecule has 0 aliphatic heterocycles.